The molecule has 0 saturated carbocycles. The lowest BCUT2D eigenvalue weighted by Gasteiger charge is -2.32. The molecule has 1 aromatic heterocycles. The van der Waals surface area contributed by atoms with E-state index in [9.17, 15) is 4.39 Å². The summed E-state index contributed by atoms with van der Waals surface area (Å²) in [5.74, 6) is -0.340. The first-order valence-electron chi connectivity index (χ1n) is 8.78. The Balaban J connectivity index is 1.81. The Kier molecular flexibility index (Phi) is 3.90. The van der Waals surface area contributed by atoms with Gasteiger partial charge in [0.2, 0.25) is 0 Å². The number of nitrogens with zero attached hydrogens (tertiary/aromatic N) is 1. The van der Waals surface area contributed by atoms with Gasteiger partial charge in [-0.25, -0.2) is 4.39 Å². The van der Waals surface area contributed by atoms with E-state index < -0.39 is 18.3 Å². The largest absolute Gasteiger partial charge is 0.497 e. The van der Waals surface area contributed by atoms with Crippen LogP contribution in [0.3, 0.4) is 0 Å². The predicted molar refractivity (Wildman–Crippen MR) is 103 cm³/mol. The minimum atomic E-state index is -0.741. The molecule has 0 aliphatic carbocycles. The van der Waals surface area contributed by atoms with E-state index in [-0.39, 0.29) is 5.82 Å². The lowest BCUT2D eigenvalue weighted by Crippen LogP contribution is -2.41. The fraction of sp³-hybridized carbons (Fsp3) is 0.286. The topological polar surface area (TPSA) is 31.4 Å². The number of rotatable bonds is 2. The van der Waals surface area contributed by atoms with Gasteiger partial charge >= 0.3 is 7.12 Å². The van der Waals surface area contributed by atoms with Crippen molar-refractivity contribution in [2.75, 3.05) is 0 Å². The third kappa shape index (κ3) is 2.72. The number of aromatic nitrogens is 1. The molecule has 0 bridgehead atoms. The van der Waals surface area contributed by atoms with Crippen molar-refractivity contribution in [1.82, 2.24) is 4.98 Å². The summed E-state index contributed by atoms with van der Waals surface area (Å²) < 4.78 is 26.6. The smallest absolute Gasteiger partial charge is 0.399 e. The van der Waals surface area contributed by atoms with Crippen LogP contribution < -0.4 is 5.46 Å². The molecule has 3 nitrogen and oxygen atoms in total. The summed E-state index contributed by atoms with van der Waals surface area (Å²) in [6, 6.07) is 15.0. The Morgan fingerprint density at radius 2 is 1.62 bits per heavy atom. The van der Waals surface area contributed by atoms with Gasteiger partial charge in [0.05, 0.1) is 16.9 Å². The highest BCUT2D eigenvalue weighted by Crippen LogP contribution is 2.37. The van der Waals surface area contributed by atoms with Gasteiger partial charge < -0.3 is 9.31 Å². The molecule has 2 heterocycles. The minimum Gasteiger partial charge on any atom is -0.399 e. The van der Waals surface area contributed by atoms with Gasteiger partial charge in [-0.15, -0.1) is 0 Å². The summed E-state index contributed by atoms with van der Waals surface area (Å²) >= 11 is 0. The maximum atomic E-state index is 14.6. The molecule has 0 spiro atoms. The lowest BCUT2D eigenvalue weighted by atomic mass is 9.77. The van der Waals surface area contributed by atoms with Crippen molar-refractivity contribution in [3.8, 4) is 11.3 Å². The molecule has 1 fully saturated rings. The van der Waals surface area contributed by atoms with Crippen LogP contribution in [0.25, 0.3) is 22.0 Å². The second-order valence-electron chi connectivity index (χ2n) is 7.71. The normalized spacial score (nSPS) is 18.4. The maximum Gasteiger partial charge on any atom is 0.497 e. The average molecular weight is 349 g/mol. The second kappa shape index (κ2) is 5.90. The molecule has 0 N–H and O–H groups in total. The van der Waals surface area contributed by atoms with Crippen LogP contribution in [0.4, 0.5) is 4.39 Å². The van der Waals surface area contributed by atoms with E-state index in [2.05, 4.69) is 4.98 Å². The Labute approximate surface area is 153 Å². The first-order valence-corrected chi connectivity index (χ1v) is 8.78. The molecule has 0 atom stereocenters. The van der Waals surface area contributed by atoms with Gasteiger partial charge in [-0.3, -0.25) is 4.98 Å². The van der Waals surface area contributed by atoms with Crippen LogP contribution in [0.1, 0.15) is 27.7 Å². The van der Waals surface area contributed by atoms with Gasteiger partial charge in [0.25, 0.3) is 0 Å². The SMILES string of the molecule is CC1(C)OB(c2cc(-c3nccc4ccccc34)ccc2F)OC1(C)C. The molecule has 1 saturated heterocycles. The number of fused-ring (bicyclic) bond motifs is 1. The minimum absolute atomic E-state index is 0.340. The van der Waals surface area contributed by atoms with E-state index in [4.69, 9.17) is 9.31 Å². The Morgan fingerprint density at radius 3 is 2.35 bits per heavy atom. The standard InChI is InChI=1S/C21H21BFNO2/c1-20(2)21(3,4)26-22(25-20)17-13-15(9-10-18(17)23)19-16-8-6-5-7-14(16)11-12-24-19/h5-13H,1-4H3. The van der Waals surface area contributed by atoms with Crippen molar-refractivity contribution in [3.63, 3.8) is 0 Å². The summed E-state index contributed by atoms with van der Waals surface area (Å²) in [5, 5.41) is 2.13. The summed E-state index contributed by atoms with van der Waals surface area (Å²) in [5.41, 5.74) is 1.03. The molecule has 5 heteroatoms. The van der Waals surface area contributed by atoms with Crippen LogP contribution in [0.5, 0.6) is 0 Å². The van der Waals surface area contributed by atoms with Crippen LogP contribution in [0.2, 0.25) is 0 Å². The summed E-state index contributed by atoms with van der Waals surface area (Å²) in [6.45, 7) is 7.84. The number of benzene rings is 2. The number of pyridine rings is 1. The Morgan fingerprint density at radius 1 is 0.923 bits per heavy atom. The monoisotopic (exact) mass is 349 g/mol. The fourth-order valence-electron chi connectivity index (χ4n) is 3.19. The van der Waals surface area contributed by atoms with Crippen LogP contribution >= 0.6 is 0 Å². The van der Waals surface area contributed by atoms with E-state index in [1.807, 2.05) is 58.0 Å². The molecule has 1 aliphatic heterocycles. The average Bonchev–Trinajstić information content (AvgIpc) is 2.82. The van der Waals surface area contributed by atoms with E-state index >= 15 is 0 Å². The molecule has 4 rings (SSSR count). The van der Waals surface area contributed by atoms with Crippen molar-refractivity contribution in [2.45, 2.75) is 38.9 Å². The van der Waals surface area contributed by atoms with Crippen molar-refractivity contribution < 1.29 is 13.7 Å². The quantitative estimate of drug-likeness (QED) is 0.645. The molecule has 132 valence electrons. The molecule has 1 aliphatic rings. The molecule has 3 aromatic rings. The van der Waals surface area contributed by atoms with E-state index in [1.54, 1.807) is 18.3 Å². The summed E-state index contributed by atoms with van der Waals surface area (Å²) in [6.07, 6.45) is 1.77. The third-order valence-electron chi connectivity index (χ3n) is 5.45. The van der Waals surface area contributed by atoms with E-state index in [0.717, 1.165) is 22.0 Å². The van der Waals surface area contributed by atoms with Crippen LogP contribution in [-0.4, -0.2) is 23.3 Å². The van der Waals surface area contributed by atoms with Crippen LogP contribution in [0.15, 0.2) is 54.7 Å². The lowest BCUT2D eigenvalue weighted by molar-refractivity contribution is 0.00578. The molecular weight excluding hydrogens is 328 g/mol. The van der Waals surface area contributed by atoms with Crippen LogP contribution in [-0.2, 0) is 9.31 Å². The van der Waals surface area contributed by atoms with E-state index in [0.29, 0.717) is 5.46 Å². The maximum absolute atomic E-state index is 14.6. The zero-order valence-electron chi connectivity index (χ0n) is 15.4. The van der Waals surface area contributed by atoms with Crippen LogP contribution in [0, 0.1) is 5.82 Å². The molecular formula is C21H21BFNO2. The third-order valence-corrected chi connectivity index (χ3v) is 5.45. The number of hydrogen-bond acceptors (Lipinski definition) is 3. The molecule has 2 aromatic carbocycles. The number of hydrogen-bond donors (Lipinski definition) is 0. The molecule has 0 radical (unpaired) electrons. The summed E-state index contributed by atoms with van der Waals surface area (Å²) in [7, 11) is -0.741. The highest BCUT2D eigenvalue weighted by atomic mass is 19.1. The molecule has 0 amide bonds. The van der Waals surface area contributed by atoms with Crippen molar-refractivity contribution >= 4 is 23.4 Å². The van der Waals surface area contributed by atoms with Gasteiger partial charge in [-0.1, -0.05) is 30.3 Å². The van der Waals surface area contributed by atoms with Crippen molar-refractivity contribution in [3.05, 3.63) is 60.5 Å². The Hall–Kier alpha value is -2.24. The van der Waals surface area contributed by atoms with Gasteiger partial charge in [0.15, 0.2) is 0 Å². The van der Waals surface area contributed by atoms with E-state index in [1.165, 1.54) is 6.07 Å². The zero-order valence-corrected chi connectivity index (χ0v) is 15.4. The van der Waals surface area contributed by atoms with Gasteiger partial charge in [-0.05, 0) is 51.3 Å². The Bertz CT molecular complexity index is 965. The predicted octanol–water partition coefficient (Wildman–Crippen LogP) is 4.34. The summed E-state index contributed by atoms with van der Waals surface area (Å²) in [4.78, 5) is 4.53. The first-order chi connectivity index (χ1) is 12.3. The van der Waals surface area contributed by atoms with Gasteiger partial charge in [0.1, 0.15) is 5.82 Å². The fourth-order valence-corrected chi connectivity index (χ4v) is 3.19. The van der Waals surface area contributed by atoms with Gasteiger partial charge in [0, 0.05) is 22.6 Å². The highest BCUT2D eigenvalue weighted by molar-refractivity contribution is 6.62. The molecule has 26 heavy (non-hydrogen) atoms. The first kappa shape index (κ1) is 17.2. The highest BCUT2D eigenvalue weighted by Gasteiger charge is 2.52. The zero-order chi connectivity index (χ0) is 18.5. The number of halogens is 1. The van der Waals surface area contributed by atoms with Crippen molar-refractivity contribution in [1.29, 1.82) is 0 Å². The van der Waals surface area contributed by atoms with Crippen molar-refractivity contribution in [2.24, 2.45) is 0 Å². The second-order valence-corrected chi connectivity index (χ2v) is 7.71. The van der Waals surface area contributed by atoms with Gasteiger partial charge in [-0.2, -0.15) is 0 Å². The molecule has 0 unspecified atom stereocenters.